The number of rotatable bonds is 1. The monoisotopic (exact) mass is 376 g/mol. The van der Waals surface area contributed by atoms with Gasteiger partial charge in [-0.15, -0.1) is 0 Å². The molecule has 7 heteroatoms. The third kappa shape index (κ3) is 2.51. The normalized spacial score (nSPS) is 16.5. The van der Waals surface area contributed by atoms with Crippen LogP contribution >= 0.6 is 15.9 Å². The Morgan fingerprint density at radius 2 is 2.13 bits per heavy atom. The highest BCUT2D eigenvalue weighted by molar-refractivity contribution is 9.10. The van der Waals surface area contributed by atoms with Crippen LogP contribution < -0.4 is 16.1 Å². The van der Waals surface area contributed by atoms with Crippen LogP contribution in [0.4, 0.5) is 4.39 Å². The molecule has 1 aromatic carbocycles. The Morgan fingerprint density at radius 1 is 1.39 bits per heavy atom. The second-order valence-corrected chi connectivity index (χ2v) is 5.87. The van der Waals surface area contributed by atoms with Crippen molar-refractivity contribution in [2.45, 2.75) is 12.8 Å². The summed E-state index contributed by atoms with van der Waals surface area (Å²) in [6.45, 7) is 1.60. The first-order valence-corrected chi connectivity index (χ1v) is 7.39. The lowest BCUT2D eigenvalue weighted by Crippen LogP contribution is -2.26. The molecular weight excluding hydrogens is 367 g/mol. The molecule has 2 N–H and O–H groups in total. The number of halogens is 2. The third-order valence-corrected chi connectivity index (χ3v) is 4.22. The fraction of sp³-hybridized carbons (Fsp3) is 0.125. The molecule has 0 saturated carbocycles. The number of ether oxygens (including phenoxy) is 1. The summed E-state index contributed by atoms with van der Waals surface area (Å²) in [7, 11) is 0. The van der Waals surface area contributed by atoms with Gasteiger partial charge in [0.05, 0.1) is 11.5 Å². The Kier molecular flexibility index (Phi) is 3.70. The van der Waals surface area contributed by atoms with Gasteiger partial charge < -0.3 is 14.9 Å². The Morgan fingerprint density at radius 3 is 2.78 bits per heavy atom. The lowest BCUT2D eigenvalue weighted by molar-refractivity contribution is 0.371. The lowest BCUT2D eigenvalue weighted by atomic mass is 9.84. The van der Waals surface area contributed by atoms with Gasteiger partial charge in [0.2, 0.25) is 5.88 Å². The quantitative estimate of drug-likeness (QED) is 0.825. The smallest absolute Gasteiger partial charge is 0.343 e. The van der Waals surface area contributed by atoms with Gasteiger partial charge >= 0.3 is 5.63 Å². The molecule has 1 aliphatic heterocycles. The van der Waals surface area contributed by atoms with Crippen molar-refractivity contribution in [3.8, 4) is 11.8 Å². The topological polar surface area (TPSA) is 89.2 Å². The Bertz CT molecular complexity index is 943. The summed E-state index contributed by atoms with van der Waals surface area (Å²) in [6, 6.07) is 7.48. The van der Waals surface area contributed by atoms with E-state index in [1.165, 1.54) is 24.3 Å². The van der Waals surface area contributed by atoms with E-state index in [1.54, 1.807) is 6.92 Å². The van der Waals surface area contributed by atoms with Crippen LogP contribution in [-0.2, 0) is 0 Å². The fourth-order valence-corrected chi connectivity index (χ4v) is 3.14. The number of aryl methyl sites for hydroxylation is 1. The highest BCUT2D eigenvalue weighted by Gasteiger charge is 2.35. The van der Waals surface area contributed by atoms with E-state index in [-0.39, 0.29) is 22.8 Å². The van der Waals surface area contributed by atoms with E-state index < -0.39 is 17.4 Å². The van der Waals surface area contributed by atoms with Gasteiger partial charge in [0.15, 0.2) is 0 Å². The van der Waals surface area contributed by atoms with Gasteiger partial charge in [-0.25, -0.2) is 9.18 Å². The Balaban J connectivity index is 2.34. The summed E-state index contributed by atoms with van der Waals surface area (Å²) in [5.41, 5.74) is 5.95. The molecule has 0 bridgehead atoms. The second kappa shape index (κ2) is 5.56. The molecule has 0 radical (unpaired) electrons. The molecule has 5 nitrogen and oxygen atoms in total. The number of nitriles is 1. The maximum Gasteiger partial charge on any atom is 0.343 e. The molecule has 1 aliphatic rings. The van der Waals surface area contributed by atoms with Gasteiger partial charge in [-0.05, 0) is 24.6 Å². The number of allylic oxidation sites excluding steroid dienone is 1. The Labute approximate surface area is 138 Å². The van der Waals surface area contributed by atoms with Crippen molar-refractivity contribution in [1.82, 2.24) is 0 Å². The number of nitrogens with two attached hydrogens (primary N) is 1. The van der Waals surface area contributed by atoms with E-state index in [9.17, 15) is 14.4 Å². The van der Waals surface area contributed by atoms with Gasteiger partial charge in [-0.2, -0.15) is 5.26 Å². The predicted octanol–water partition coefficient (Wildman–Crippen LogP) is 3.07. The highest BCUT2D eigenvalue weighted by Crippen LogP contribution is 2.42. The zero-order chi connectivity index (χ0) is 16.7. The van der Waals surface area contributed by atoms with E-state index >= 15 is 0 Å². The number of benzene rings is 1. The van der Waals surface area contributed by atoms with E-state index in [4.69, 9.17) is 14.9 Å². The molecule has 116 valence electrons. The SMILES string of the molecule is Cc1cc2c(c(=O)o1)[C@H](c1ccc(F)cc1Br)C(C#N)=C(N)O2. The molecule has 0 amide bonds. The van der Waals surface area contributed by atoms with Gasteiger partial charge in [0.1, 0.15) is 29.0 Å². The van der Waals surface area contributed by atoms with Crippen molar-refractivity contribution in [2.75, 3.05) is 0 Å². The average Bonchev–Trinajstić information content (AvgIpc) is 2.45. The largest absolute Gasteiger partial charge is 0.440 e. The third-order valence-electron chi connectivity index (χ3n) is 3.53. The second-order valence-electron chi connectivity index (χ2n) is 5.01. The molecule has 0 saturated heterocycles. The van der Waals surface area contributed by atoms with Crippen molar-refractivity contribution in [2.24, 2.45) is 5.73 Å². The molecule has 1 aromatic heterocycles. The molecule has 0 unspecified atom stereocenters. The van der Waals surface area contributed by atoms with Crippen LogP contribution in [0.25, 0.3) is 0 Å². The maximum absolute atomic E-state index is 13.4. The van der Waals surface area contributed by atoms with Gasteiger partial charge in [0, 0.05) is 10.5 Å². The number of hydrogen-bond donors (Lipinski definition) is 1. The number of hydrogen-bond acceptors (Lipinski definition) is 5. The van der Waals surface area contributed by atoms with Crippen LogP contribution in [0, 0.1) is 24.1 Å². The molecular formula is C16H10BrFN2O3. The Hall–Kier alpha value is -2.59. The summed E-state index contributed by atoms with van der Waals surface area (Å²) in [5.74, 6) is -0.739. The molecule has 0 aliphatic carbocycles. The van der Waals surface area contributed by atoms with Crippen molar-refractivity contribution >= 4 is 15.9 Å². The lowest BCUT2D eigenvalue weighted by Gasteiger charge is -2.25. The highest BCUT2D eigenvalue weighted by atomic mass is 79.9. The molecule has 3 rings (SSSR count). The van der Waals surface area contributed by atoms with Crippen LogP contribution in [-0.4, -0.2) is 0 Å². The van der Waals surface area contributed by atoms with Crippen molar-refractivity contribution in [1.29, 1.82) is 5.26 Å². The number of nitrogens with zero attached hydrogens (tertiary/aromatic N) is 1. The van der Waals surface area contributed by atoms with Crippen molar-refractivity contribution in [3.05, 3.63) is 73.3 Å². The minimum Gasteiger partial charge on any atom is -0.440 e. The molecule has 23 heavy (non-hydrogen) atoms. The van der Waals surface area contributed by atoms with Crippen LogP contribution in [0.2, 0.25) is 0 Å². The van der Waals surface area contributed by atoms with E-state index in [2.05, 4.69) is 15.9 Å². The van der Waals surface area contributed by atoms with E-state index in [0.29, 0.717) is 15.8 Å². The zero-order valence-electron chi connectivity index (χ0n) is 11.9. The first-order chi connectivity index (χ1) is 10.9. The van der Waals surface area contributed by atoms with Gasteiger partial charge in [-0.1, -0.05) is 22.0 Å². The van der Waals surface area contributed by atoms with E-state index in [0.717, 1.165) is 0 Å². The summed E-state index contributed by atoms with van der Waals surface area (Å²) in [4.78, 5) is 12.3. The minimum atomic E-state index is -0.796. The van der Waals surface area contributed by atoms with Crippen LogP contribution in [0.5, 0.6) is 5.75 Å². The van der Waals surface area contributed by atoms with Crippen LogP contribution in [0.3, 0.4) is 0 Å². The van der Waals surface area contributed by atoms with Crippen molar-refractivity contribution in [3.63, 3.8) is 0 Å². The van der Waals surface area contributed by atoms with Crippen molar-refractivity contribution < 1.29 is 13.5 Å². The first kappa shape index (κ1) is 15.3. The first-order valence-electron chi connectivity index (χ1n) is 6.59. The molecule has 2 aromatic rings. The molecule has 1 atom stereocenters. The summed E-state index contributed by atoms with van der Waals surface area (Å²) in [6.07, 6.45) is 0. The van der Waals surface area contributed by atoms with Crippen LogP contribution in [0.1, 0.15) is 22.8 Å². The minimum absolute atomic E-state index is 0.0703. The van der Waals surface area contributed by atoms with Gasteiger partial charge in [0.25, 0.3) is 0 Å². The fourth-order valence-electron chi connectivity index (χ4n) is 2.56. The van der Waals surface area contributed by atoms with E-state index in [1.807, 2.05) is 6.07 Å². The van der Waals surface area contributed by atoms with Gasteiger partial charge in [-0.3, -0.25) is 0 Å². The average molecular weight is 377 g/mol. The number of fused-ring (bicyclic) bond motifs is 1. The summed E-state index contributed by atoms with van der Waals surface area (Å²) in [5, 5.41) is 9.42. The van der Waals surface area contributed by atoms with Crippen LogP contribution in [0.15, 0.2) is 49.4 Å². The molecule has 2 heterocycles. The summed E-state index contributed by atoms with van der Waals surface area (Å²) >= 11 is 3.26. The summed E-state index contributed by atoms with van der Waals surface area (Å²) < 4.78 is 24.3. The molecule has 0 spiro atoms. The zero-order valence-corrected chi connectivity index (χ0v) is 13.5. The molecule has 0 fully saturated rings. The standard InChI is InChI=1S/C16H10BrFN2O3/c1-7-4-12-14(16(21)22-7)13(10(6-19)15(20)23-12)9-3-2-8(18)5-11(9)17/h2-5,13H,20H2,1H3/t13-/m1/s1. The predicted molar refractivity (Wildman–Crippen MR) is 83.1 cm³/mol. The maximum atomic E-state index is 13.4.